The molecule has 3 aromatic rings. The van der Waals surface area contributed by atoms with E-state index >= 15 is 0 Å². The molecule has 0 unspecified atom stereocenters. The highest BCUT2D eigenvalue weighted by Gasteiger charge is 2.23. The topological polar surface area (TPSA) is 71.1 Å². The fourth-order valence-electron chi connectivity index (χ4n) is 2.59. The monoisotopic (exact) mass is 306 g/mol. The molecule has 1 amide bonds. The second-order valence-electron chi connectivity index (χ2n) is 5.22. The molecule has 23 heavy (non-hydrogen) atoms. The van der Waals surface area contributed by atoms with Crippen LogP contribution in [0.15, 0.2) is 42.7 Å². The number of nitrogens with zero attached hydrogens (tertiary/aromatic N) is 3. The van der Waals surface area contributed by atoms with E-state index in [2.05, 4.69) is 15.2 Å². The average molecular weight is 306 g/mol. The number of rotatable bonds is 3. The Hall–Kier alpha value is -3.15. The Bertz CT molecular complexity index is 886. The van der Waals surface area contributed by atoms with Gasteiger partial charge in [0.1, 0.15) is 6.61 Å². The van der Waals surface area contributed by atoms with Crippen LogP contribution in [0.3, 0.4) is 0 Å². The molecule has 1 saturated heterocycles. The number of anilines is 1. The van der Waals surface area contributed by atoms with Crippen LogP contribution in [-0.2, 0) is 4.74 Å². The Morgan fingerprint density at radius 3 is 2.83 bits per heavy atom. The van der Waals surface area contributed by atoms with Crippen molar-refractivity contribution in [3.8, 4) is 0 Å². The summed E-state index contributed by atoms with van der Waals surface area (Å²) in [7, 11) is 0. The number of carbonyl (C=O) groups excluding carboxylic acids is 1. The Labute approximate surface area is 132 Å². The lowest BCUT2D eigenvalue weighted by molar-refractivity contribution is 0.181. The smallest absolute Gasteiger partial charge is 0.414 e. The van der Waals surface area contributed by atoms with Crippen LogP contribution in [0.4, 0.5) is 10.5 Å². The van der Waals surface area contributed by atoms with Gasteiger partial charge in [0.05, 0.1) is 17.8 Å². The zero-order valence-corrected chi connectivity index (χ0v) is 12.3. The number of amides is 1. The van der Waals surface area contributed by atoms with Crippen molar-refractivity contribution in [2.45, 2.75) is 0 Å². The number of benzene rings is 1. The number of fused-ring (bicyclic) bond motifs is 1. The first-order valence-corrected chi connectivity index (χ1v) is 7.32. The molecule has 6 nitrogen and oxygen atoms in total. The summed E-state index contributed by atoms with van der Waals surface area (Å²) in [6.45, 7) is 1.00. The maximum absolute atomic E-state index is 11.7. The second kappa shape index (κ2) is 5.57. The van der Waals surface area contributed by atoms with Crippen molar-refractivity contribution in [2.24, 2.45) is 0 Å². The molecule has 0 atom stereocenters. The van der Waals surface area contributed by atoms with Gasteiger partial charge in [0, 0.05) is 23.5 Å². The van der Waals surface area contributed by atoms with Crippen molar-refractivity contribution in [3.05, 3.63) is 54.0 Å². The molecule has 6 heteroatoms. The second-order valence-corrected chi connectivity index (χ2v) is 5.22. The summed E-state index contributed by atoms with van der Waals surface area (Å²) in [5, 5.41) is 8.31. The van der Waals surface area contributed by atoms with Gasteiger partial charge in [-0.05, 0) is 42.0 Å². The molecule has 1 fully saturated rings. The Morgan fingerprint density at radius 1 is 1.17 bits per heavy atom. The van der Waals surface area contributed by atoms with E-state index in [1.54, 1.807) is 17.3 Å². The van der Waals surface area contributed by atoms with Crippen LogP contribution >= 0.6 is 0 Å². The summed E-state index contributed by atoms with van der Waals surface area (Å²) in [4.78, 5) is 17.3. The van der Waals surface area contributed by atoms with Crippen LogP contribution in [0.25, 0.3) is 23.1 Å². The molecule has 0 aliphatic carbocycles. The zero-order valence-electron chi connectivity index (χ0n) is 12.3. The zero-order chi connectivity index (χ0) is 15.6. The van der Waals surface area contributed by atoms with Crippen molar-refractivity contribution in [1.82, 2.24) is 15.2 Å². The molecule has 0 spiro atoms. The molecule has 1 aromatic carbocycles. The minimum atomic E-state index is -0.304. The molecule has 114 valence electrons. The summed E-state index contributed by atoms with van der Waals surface area (Å²) < 4.78 is 4.99. The van der Waals surface area contributed by atoms with E-state index in [1.165, 1.54) is 0 Å². The molecule has 2 aromatic heterocycles. The number of ether oxygens (including phenoxy) is 1. The normalized spacial score (nSPS) is 14.8. The highest BCUT2D eigenvalue weighted by atomic mass is 16.6. The van der Waals surface area contributed by atoms with E-state index in [1.807, 2.05) is 42.5 Å². The van der Waals surface area contributed by atoms with Gasteiger partial charge in [-0.25, -0.2) is 4.79 Å². The number of nitrogens with one attached hydrogen (secondary N) is 1. The van der Waals surface area contributed by atoms with Crippen LogP contribution in [0.2, 0.25) is 0 Å². The van der Waals surface area contributed by atoms with E-state index in [9.17, 15) is 4.79 Å². The van der Waals surface area contributed by atoms with E-state index in [-0.39, 0.29) is 6.09 Å². The van der Waals surface area contributed by atoms with Gasteiger partial charge in [-0.15, -0.1) is 0 Å². The molecular weight excluding hydrogens is 292 g/mol. The Kier molecular flexibility index (Phi) is 3.27. The lowest BCUT2D eigenvalue weighted by atomic mass is 10.1. The number of aromatic amines is 1. The number of carbonyl (C=O) groups is 1. The highest BCUT2D eigenvalue weighted by molar-refractivity contribution is 5.96. The summed E-state index contributed by atoms with van der Waals surface area (Å²) in [6, 6.07) is 9.63. The summed E-state index contributed by atoms with van der Waals surface area (Å²) in [5.41, 5.74) is 3.62. The third-order valence-corrected chi connectivity index (χ3v) is 3.79. The molecule has 0 saturated carbocycles. The van der Waals surface area contributed by atoms with Crippen LogP contribution < -0.4 is 4.90 Å². The van der Waals surface area contributed by atoms with Crippen LogP contribution in [0.5, 0.6) is 0 Å². The van der Waals surface area contributed by atoms with Crippen LogP contribution in [0, 0.1) is 0 Å². The van der Waals surface area contributed by atoms with Gasteiger partial charge in [0.25, 0.3) is 0 Å². The van der Waals surface area contributed by atoms with E-state index < -0.39 is 0 Å². The third kappa shape index (κ3) is 2.55. The Balaban J connectivity index is 1.70. The van der Waals surface area contributed by atoms with Crippen molar-refractivity contribution < 1.29 is 9.53 Å². The minimum absolute atomic E-state index is 0.304. The van der Waals surface area contributed by atoms with Gasteiger partial charge >= 0.3 is 6.09 Å². The SMILES string of the molecule is O=C1OCCN1c1ccc2[nH]nc(/C=C/c3ccncc3)c2c1. The maximum atomic E-state index is 11.7. The molecule has 1 aliphatic heterocycles. The first kappa shape index (κ1) is 13.5. The molecule has 3 heterocycles. The van der Waals surface area contributed by atoms with Crippen molar-refractivity contribution in [3.63, 3.8) is 0 Å². The van der Waals surface area contributed by atoms with E-state index in [0.717, 1.165) is 27.8 Å². The van der Waals surface area contributed by atoms with E-state index in [0.29, 0.717) is 13.2 Å². The number of hydrogen-bond acceptors (Lipinski definition) is 4. The summed E-state index contributed by atoms with van der Waals surface area (Å²) in [5.74, 6) is 0. The molecule has 0 radical (unpaired) electrons. The van der Waals surface area contributed by atoms with E-state index in [4.69, 9.17) is 4.74 Å². The minimum Gasteiger partial charge on any atom is -0.447 e. The quantitative estimate of drug-likeness (QED) is 0.807. The maximum Gasteiger partial charge on any atom is 0.414 e. The van der Waals surface area contributed by atoms with Crippen LogP contribution in [-0.4, -0.2) is 34.4 Å². The summed E-state index contributed by atoms with van der Waals surface area (Å²) in [6.07, 6.45) is 7.12. The number of cyclic esters (lactones) is 1. The number of hydrogen-bond donors (Lipinski definition) is 1. The Morgan fingerprint density at radius 2 is 2.04 bits per heavy atom. The summed E-state index contributed by atoms with van der Waals surface area (Å²) >= 11 is 0. The van der Waals surface area contributed by atoms with Gasteiger partial charge < -0.3 is 4.74 Å². The van der Waals surface area contributed by atoms with Gasteiger partial charge in [-0.2, -0.15) is 5.10 Å². The predicted molar refractivity (Wildman–Crippen MR) is 88.0 cm³/mol. The fraction of sp³-hybridized carbons (Fsp3) is 0.118. The van der Waals surface area contributed by atoms with Crippen molar-refractivity contribution in [2.75, 3.05) is 18.1 Å². The van der Waals surface area contributed by atoms with Crippen molar-refractivity contribution in [1.29, 1.82) is 0 Å². The molecule has 1 aliphatic rings. The van der Waals surface area contributed by atoms with Gasteiger partial charge in [-0.1, -0.05) is 6.08 Å². The lowest BCUT2D eigenvalue weighted by Gasteiger charge is -2.12. The average Bonchev–Trinajstić information content (AvgIpc) is 3.19. The predicted octanol–water partition coefficient (Wildman–Crippen LogP) is 3.08. The van der Waals surface area contributed by atoms with Gasteiger partial charge in [-0.3, -0.25) is 15.0 Å². The van der Waals surface area contributed by atoms with Gasteiger partial charge in [0.2, 0.25) is 0 Å². The third-order valence-electron chi connectivity index (χ3n) is 3.79. The first-order chi connectivity index (χ1) is 11.3. The molecular formula is C17H14N4O2. The molecule has 4 rings (SSSR count). The van der Waals surface area contributed by atoms with Crippen molar-refractivity contribution >= 4 is 34.8 Å². The first-order valence-electron chi connectivity index (χ1n) is 7.32. The largest absolute Gasteiger partial charge is 0.447 e. The molecule has 0 bridgehead atoms. The fourth-order valence-corrected chi connectivity index (χ4v) is 2.59. The number of H-pyrrole nitrogens is 1. The molecule has 1 N–H and O–H groups in total. The number of aromatic nitrogens is 3. The lowest BCUT2D eigenvalue weighted by Crippen LogP contribution is -2.23. The van der Waals surface area contributed by atoms with Gasteiger partial charge in [0.15, 0.2) is 0 Å². The standard InChI is InChI=1S/C17H14N4O2/c22-17-21(9-10-23-17)13-2-4-16-14(11-13)15(19-20-16)3-1-12-5-7-18-8-6-12/h1-8,11H,9-10H2,(H,19,20)/b3-1+. The van der Waals surface area contributed by atoms with Crippen LogP contribution in [0.1, 0.15) is 11.3 Å². The highest BCUT2D eigenvalue weighted by Crippen LogP contribution is 2.26. The number of pyridine rings is 1.